The zero-order valence-electron chi connectivity index (χ0n) is 13.4. The first-order chi connectivity index (χ1) is 11.3. The number of hydrogen-bond acceptors (Lipinski definition) is 7. The van der Waals surface area contributed by atoms with Crippen molar-refractivity contribution >= 4 is 17.9 Å². The third kappa shape index (κ3) is 1.79. The Bertz CT molecular complexity index is 691. The average Bonchev–Trinajstić information content (AvgIpc) is 3.26. The first-order valence-corrected chi connectivity index (χ1v) is 7.85. The molecule has 0 aromatic heterocycles. The smallest absolute Gasteiger partial charge is 0.334 e. The zero-order valence-corrected chi connectivity index (χ0v) is 13.4. The zero-order chi connectivity index (χ0) is 17.4. The van der Waals surface area contributed by atoms with Crippen LogP contribution < -0.4 is 0 Å². The summed E-state index contributed by atoms with van der Waals surface area (Å²) < 4.78 is 22.0. The van der Waals surface area contributed by atoms with E-state index >= 15 is 0 Å². The molecule has 1 aliphatic carbocycles. The molecular weight excluding hydrogens is 316 g/mol. The van der Waals surface area contributed by atoms with E-state index in [4.69, 9.17) is 18.9 Å². The van der Waals surface area contributed by atoms with Crippen LogP contribution >= 0.6 is 0 Å². The lowest BCUT2D eigenvalue weighted by Gasteiger charge is -2.49. The number of epoxide rings is 1. The normalized spacial score (nSPS) is 46.1. The van der Waals surface area contributed by atoms with Gasteiger partial charge in [0.05, 0.1) is 18.6 Å². The van der Waals surface area contributed by atoms with E-state index < -0.39 is 53.5 Å². The van der Waals surface area contributed by atoms with Gasteiger partial charge in [-0.15, -0.1) is 0 Å². The molecule has 0 amide bonds. The van der Waals surface area contributed by atoms with Gasteiger partial charge in [-0.3, -0.25) is 4.79 Å². The lowest BCUT2D eigenvalue weighted by molar-refractivity contribution is -0.200. The Hall–Kier alpha value is -2.15. The molecule has 7 atom stereocenters. The van der Waals surface area contributed by atoms with E-state index in [1.165, 1.54) is 6.92 Å². The SMILES string of the molecule is C=C1C(=O)O[C@H]2[C@@H]1[C@H]1OC(=O)C(=C)[C@@H]1[C@@](C)([C@@H]1CO1)[C@H]2OC(C)=O. The second kappa shape index (κ2) is 4.69. The van der Waals surface area contributed by atoms with Crippen LogP contribution in [0.3, 0.4) is 0 Å². The molecule has 0 unspecified atom stereocenters. The Morgan fingerprint density at radius 3 is 2.33 bits per heavy atom. The molecule has 3 aliphatic heterocycles. The highest BCUT2D eigenvalue weighted by Gasteiger charge is 2.72. The fourth-order valence-electron chi connectivity index (χ4n) is 4.54. The summed E-state index contributed by atoms with van der Waals surface area (Å²) in [6, 6.07) is 0. The average molecular weight is 334 g/mol. The minimum Gasteiger partial charge on any atom is -0.458 e. The number of fused-ring (bicyclic) bond motifs is 3. The van der Waals surface area contributed by atoms with Crippen molar-refractivity contribution in [1.82, 2.24) is 0 Å². The number of hydrogen-bond donors (Lipinski definition) is 0. The standard InChI is InChI=1S/C17H18O7/c1-6-10-12-11(7(2)16(20)23-12)17(4,9-5-21-9)14(22-8(3)18)13(10)24-15(6)19/h9-14H,1-2,5H2,3-4H3/t9-,10-,11-,12+,13-,14-,17+/m0/s1. The second-order valence-electron chi connectivity index (χ2n) is 7.01. The number of esters is 3. The molecule has 4 rings (SSSR count). The molecule has 3 heterocycles. The van der Waals surface area contributed by atoms with E-state index in [2.05, 4.69) is 13.2 Å². The van der Waals surface area contributed by atoms with Crippen molar-refractivity contribution in [3.8, 4) is 0 Å². The Kier molecular flexibility index (Phi) is 3.01. The van der Waals surface area contributed by atoms with E-state index in [9.17, 15) is 14.4 Å². The van der Waals surface area contributed by atoms with Gasteiger partial charge >= 0.3 is 17.9 Å². The second-order valence-corrected chi connectivity index (χ2v) is 7.01. The van der Waals surface area contributed by atoms with Crippen LogP contribution in [0.1, 0.15) is 13.8 Å². The summed E-state index contributed by atoms with van der Waals surface area (Å²) in [4.78, 5) is 35.9. The fourth-order valence-corrected chi connectivity index (χ4v) is 4.54. The van der Waals surface area contributed by atoms with E-state index in [1.54, 1.807) is 0 Å². The minimum absolute atomic E-state index is 0.228. The van der Waals surface area contributed by atoms with E-state index in [0.29, 0.717) is 12.2 Å². The van der Waals surface area contributed by atoms with Crippen molar-refractivity contribution < 1.29 is 33.3 Å². The predicted molar refractivity (Wildman–Crippen MR) is 78.4 cm³/mol. The van der Waals surface area contributed by atoms with Gasteiger partial charge in [0, 0.05) is 29.4 Å². The maximum atomic E-state index is 12.2. The Labute approximate surface area is 138 Å². The van der Waals surface area contributed by atoms with Crippen LogP contribution in [0.5, 0.6) is 0 Å². The van der Waals surface area contributed by atoms with Gasteiger partial charge in [0.2, 0.25) is 0 Å². The molecule has 0 bridgehead atoms. The summed E-state index contributed by atoms with van der Waals surface area (Å²) in [5, 5.41) is 0. The number of carbonyl (C=O) groups is 3. The van der Waals surface area contributed by atoms with E-state index in [1.807, 2.05) is 6.92 Å². The van der Waals surface area contributed by atoms with Crippen LogP contribution in [0.15, 0.2) is 24.3 Å². The van der Waals surface area contributed by atoms with E-state index in [-0.39, 0.29) is 11.7 Å². The maximum absolute atomic E-state index is 12.2. The summed E-state index contributed by atoms with van der Waals surface area (Å²) in [6.45, 7) is 11.3. The topological polar surface area (TPSA) is 91.4 Å². The molecule has 128 valence electrons. The largest absolute Gasteiger partial charge is 0.458 e. The van der Waals surface area contributed by atoms with E-state index in [0.717, 1.165) is 0 Å². The van der Waals surface area contributed by atoms with Gasteiger partial charge in [0.25, 0.3) is 0 Å². The van der Waals surface area contributed by atoms with Crippen molar-refractivity contribution in [2.24, 2.45) is 17.3 Å². The number of rotatable bonds is 2. The van der Waals surface area contributed by atoms with Gasteiger partial charge in [0.1, 0.15) is 12.2 Å². The molecule has 0 N–H and O–H groups in total. The first-order valence-electron chi connectivity index (χ1n) is 7.85. The van der Waals surface area contributed by atoms with Gasteiger partial charge in [-0.05, 0) is 0 Å². The maximum Gasteiger partial charge on any atom is 0.334 e. The Morgan fingerprint density at radius 2 is 1.75 bits per heavy atom. The minimum atomic E-state index is -0.772. The summed E-state index contributed by atoms with van der Waals surface area (Å²) >= 11 is 0. The molecule has 0 radical (unpaired) electrons. The Balaban J connectivity index is 1.86. The number of carbonyl (C=O) groups excluding carboxylic acids is 3. The summed E-state index contributed by atoms with van der Waals surface area (Å²) in [5.74, 6) is -2.55. The van der Waals surface area contributed by atoms with Crippen LogP contribution in [0, 0.1) is 17.3 Å². The van der Waals surface area contributed by atoms with Crippen molar-refractivity contribution in [1.29, 1.82) is 0 Å². The van der Waals surface area contributed by atoms with Crippen LogP contribution in [-0.4, -0.2) is 48.9 Å². The third-order valence-electron chi connectivity index (χ3n) is 5.73. The van der Waals surface area contributed by atoms with Gasteiger partial charge in [-0.2, -0.15) is 0 Å². The van der Waals surface area contributed by atoms with Crippen molar-refractivity contribution in [2.45, 2.75) is 38.3 Å². The lowest BCUT2D eigenvalue weighted by Crippen LogP contribution is -2.62. The van der Waals surface area contributed by atoms with Crippen molar-refractivity contribution in [2.75, 3.05) is 6.61 Å². The van der Waals surface area contributed by atoms with Crippen LogP contribution in [0.25, 0.3) is 0 Å². The molecule has 1 saturated carbocycles. The molecule has 0 aromatic carbocycles. The molecule has 3 saturated heterocycles. The fraction of sp³-hybridized carbons (Fsp3) is 0.588. The molecule has 4 fully saturated rings. The predicted octanol–water partition coefficient (Wildman–Crippen LogP) is 0.532. The first kappa shape index (κ1) is 15.4. The molecule has 4 aliphatic rings. The van der Waals surface area contributed by atoms with Gasteiger partial charge in [0.15, 0.2) is 6.10 Å². The highest BCUT2D eigenvalue weighted by Crippen LogP contribution is 2.60. The van der Waals surface area contributed by atoms with Crippen LogP contribution in [-0.2, 0) is 33.3 Å². The van der Waals surface area contributed by atoms with Crippen LogP contribution in [0.4, 0.5) is 0 Å². The molecule has 0 spiro atoms. The summed E-state index contributed by atoms with van der Waals surface area (Å²) in [6.07, 6.45) is -2.35. The molecule has 7 nitrogen and oxygen atoms in total. The molecule has 0 aromatic rings. The molecule has 7 heteroatoms. The number of ether oxygens (including phenoxy) is 4. The highest BCUT2D eigenvalue weighted by atomic mass is 16.6. The molecule has 24 heavy (non-hydrogen) atoms. The van der Waals surface area contributed by atoms with Crippen LogP contribution in [0.2, 0.25) is 0 Å². The monoisotopic (exact) mass is 334 g/mol. The Morgan fingerprint density at radius 1 is 1.17 bits per heavy atom. The lowest BCUT2D eigenvalue weighted by atomic mass is 9.56. The van der Waals surface area contributed by atoms with Crippen molar-refractivity contribution in [3.63, 3.8) is 0 Å². The summed E-state index contributed by atoms with van der Waals surface area (Å²) in [7, 11) is 0. The quantitative estimate of drug-likeness (QED) is 0.315. The van der Waals surface area contributed by atoms with Gasteiger partial charge in [-0.25, -0.2) is 9.59 Å². The molecular formula is C17H18O7. The van der Waals surface area contributed by atoms with Gasteiger partial charge in [-0.1, -0.05) is 20.1 Å². The summed E-state index contributed by atoms with van der Waals surface area (Å²) in [5.41, 5.74) is -0.236. The third-order valence-corrected chi connectivity index (χ3v) is 5.73. The van der Waals surface area contributed by atoms with Crippen molar-refractivity contribution in [3.05, 3.63) is 24.3 Å². The van der Waals surface area contributed by atoms with Gasteiger partial charge < -0.3 is 18.9 Å². The highest BCUT2D eigenvalue weighted by molar-refractivity contribution is 5.94.